The predicted molar refractivity (Wildman–Crippen MR) is 76.3 cm³/mol. The Morgan fingerprint density at radius 1 is 1.50 bits per heavy atom. The lowest BCUT2D eigenvalue weighted by molar-refractivity contribution is -0.384. The molecule has 0 radical (unpaired) electrons. The first kappa shape index (κ1) is 15.8. The molecule has 0 saturated carbocycles. The normalized spacial score (nSPS) is 10.7. The third kappa shape index (κ3) is 5.19. The minimum absolute atomic E-state index is 0.00745. The zero-order valence-electron chi connectivity index (χ0n) is 11.6. The number of methoxy groups -OCH3 is 1. The van der Waals surface area contributed by atoms with Crippen molar-refractivity contribution in [3.05, 3.63) is 46.0 Å². The first-order chi connectivity index (χ1) is 9.54. The number of hydrogen-bond acceptors (Lipinski definition) is 4. The fourth-order valence-corrected chi connectivity index (χ4v) is 1.59. The summed E-state index contributed by atoms with van der Waals surface area (Å²) in [6.45, 7) is 1.21. The highest BCUT2D eigenvalue weighted by atomic mass is 16.6. The van der Waals surface area contributed by atoms with Gasteiger partial charge in [-0.3, -0.25) is 14.9 Å². The topological polar surface area (TPSA) is 72.7 Å². The Bertz CT molecular complexity index is 500. The van der Waals surface area contributed by atoms with Gasteiger partial charge in [0, 0.05) is 45.5 Å². The molecule has 0 N–H and O–H groups in total. The van der Waals surface area contributed by atoms with Gasteiger partial charge in [-0.2, -0.15) is 0 Å². The standard InChI is InChI=1S/C14H18N2O4/c1-15(9-4-10-20-2)14(17)8-7-12-5-3-6-13(11-12)16(18)19/h3,5-8,11H,4,9-10H2,1-2H3/b8-7+. The highest BCUT2D eigenvalue weighted by Gasteiger charge is 2.06. The van der Waals surface area contributed by atoms with Gasteiger partial charge in [-0.25, -0.2) is 0 Å². The summed E-state index contributed by atoms with van der Waals surface area (Å²) in [4.78, 5) is 23.5. The van der Waals surface area contributed by atoms with Gasteiger partial charge in [-0.05, 0) is 18.1 Å². The van der Waals surface area contributed by atoms with Crippen LogP contribution in [0.2, 0.25) is 0 Å². The van der Waals surface area contributed by atoms with E-state index in [0.717, 1.165) is 6.42 Å². The van der Waals surface area contributed by atoms with Crippen LogP contribution in [0.3, 0.4) is 0 Å². The van der Waals surface area contributed by atoms with E-state index < -0.39 is 4.92 Å². The van der Waals surface area contributed by atoms with Crippen LogP contribution in [0.5, 0.6) is 0 Å². The Balaban J connectivity index is 2.60. The molecule has 1 aromatic rings. The van der Waals surface area contributed by atoms with Crippen LogP contribution in [0.1, 0.15) is 12.0 Å². The van der Waals surface area contributed by atoms with Gasteiger partial charge in [-0.15, -0.1) is 0 Å². The maximum atomic E-state index is 11.8. The number of nitrogens with zero attached hydrogens (tertiary/aromatic N) is 2. The van der Waals surface area contributed by atoms with Gasteiger partial charge >= 0.3 is 0 Å². The molecule has 20 heavy (non-hydrogen) atoms. The number of carbonyl (C=O) groups is 1. The van der Waals surface area contributed by atoms with Gasteiger partial charge in [0.2, 0.25) is 5.91 Å². The molecule has 0 aliphatic rings. The zero-order valence-corrected chi connectivity index (χ0v) is 11.6. The maximum Gasteiger partial charge on any atom is 0.270 e. The molecule has 6 nitrogen and oxygen atoms in total. The predicted octanol–water partition coefficient (Wildman–Crippen LogP) is 2.10. The molecular formula is C14H18N2O4. The van der Waals surface area contributed by atoms with E-state index in [9.17, 15) is 14.9 Å². The summed E-state index contributed by atoms with van der Waals surface area (Å²) in [6.07, 6.45) is 3.75. The number of hydrogen-bond donors (Lipinski definition) is 0. The Morgan fingerprint density at radius 2 is 2.25 bits per heavy atom. The van der Waals surface area contributed by atoms with Gasteiger partial charge in [0.15, 0.2) is 0 Å². The smallest absolute Gasteiger partial charge is 0.270 e. The van der Waals surface area contributed by atoms with Crippen molar-refractivity contribution in [1.82, 2.24) is 4.90 Å². The van der Waals surface area contributed by atoms with E-state index in [1.54, 1.807) is 37.3 Å². The van der Waals surface area contributed by atoms with Crippen LogP contribution < -0.4 is 0 Å². The van der Waals surface area contributed by atoms with Crippen molar-refractivity contribution in [2.75, 3.05) is 27.3 Å². The summed E-state index contributed by atoms with van der Waals surface area (Å²) in [5, 5.41) is 10.6. The van der Waals surface area contributed by atoms with Gasteiger partial charge in [0.05, 0.1) is 4.92 Å². The molecule has 0 aliphatic heterocycles. The number of rotatable bonds is 7. The number of amides is 1. The number of nitro benzene ring substituents is 1. The molecule has 0 bridgehead atoms. The molecule has 0 heterocycles. The second-order valence-corrected chi connectivity index (χ2v) is 4.29. The Morgan fingerprint density at radius 3 is 2.90 bits per heavy atom. The summed E-state index contributed by atoms with van der Waals surface area (Å²) >= 11 is 0. The maximum absolute atomic E-state index is 11.8. The molecule has 0 spiro atoms. The van der Waals surface area contributed by atoms with Crippen molar-refractivity contribution in [1.29, 1.82) is 0 Å². The summed E-state index contributed by atoms with van der Waals surface area (Å²) in [5.41, 5.74) is 0.630. The zero-order chi connectivity index (χ0) is 15.0. The van der Waals surface area contributed by atoms with Crippen molar-refractivity contribution >= 4 is 17.7 Å². The fourth-order valence-electron chi connectivity index (χ4n) is 1.59. The van der Waals surface area contributed by atoms with Crippen LogP contribution in [-0.4, -0.2) is 43.0 Å². The number of ether oxygens (including phenoxy) is 1. The molecular weight excluding hydrogens is 260 g/mol. The summed E-state index contributed by atoms with van der Waals surface area (Å²) in [5.74, 6) is -0.146. The molecule has 0 unspecified atom stereocenters. The second-order valence-electron chi connectivity index (χ2n) is 4.29. The second kappa shape index (κ2) is 8.06. The van der Waals surface area contributed by atoms with Crippen molar-refractivity contribution in [3.63, 3.8) is 0 Å². The third-order valence-corrected chi connectivity index (χ3v) is 2.72. The molecule has 0 aliphatic carbocycles. The van der Waals surface area contributed by atoms with Gasteiger partial charge in [0.25, 0.3) is 5.69 Å². The Labute approximate surface area is 117 Å². The molecule has 0 aromatic heterocycles. The number of nitro groups is 1. The first-order valence-corrected chi connectivity index (χ1v) is 6.21. The van der Waals surface area contributed by atoms with Crippen molar-refractivity contribution in [2.45, 2.75) is 6.42 Å². The molecule has 0 atom stereocenters. The van der Waals surface area contributed by atoms with Crippen LogP contribution in [-0.2, 0) is 9.53 Å². The fraction of sp³-hybridized carbons (Fsp3) is 0.357. The Hall–Kier alpha value is -2.21. The molecule has 6 heteroatoms. The average Bonchev–Trinajstić information content (AvgIpc) is 2.45. The summed E-state index contributed by atoms with van der Waals surface area (Å²) in [7, 11) is 3.32. The number of carbonyl (C=O) groups excluding carboxylic acids is 1. The number of non-ortho nitro benzene ring substituents is 1. The van der Waals surface area contributed by atoms with E-state index in [2.05, 4.69) is 0 Å². The lowest BCUT2D eigenvalue weighted by atomic mass is 10.2. The molecule has 1 amide bonds. The van der Waals surface area contributed by atoms with E-state index in [4.69, 9.17) is 4.74 Å². The van der Waals surface area contributed by atoms with Crippen LogP contribution in [0, 0.1) is 10.1 Å². The number of benzene rings is 1. The molecule has 1 aromatic carbocycles. The van der Waals surface area contributed by atoms with Crippen molar-refractivity contribution in [3.8, 4) is 0 Å². The average molecular weight is 278 g/mol. The van der Waals surface area contributed by atoms with E-state index in [-0.39, 0.29) is 11.6 Å². The van der Waals surface area contributed by atoms with Crippen molar-refractivity contribution in [2.24, 2.45) is 0 Å². The van der Waals surface area contributed by atoms with Crippen molar-refractivity contribution < 1.29 is 14.5 Å². The lowest BCUT2D eigenvalue weighted by Crippen LogP contribution is -2.26. The van der Waals surface area contributed by atoms with Gasteiger partial charge in [0.1, 0.15) is 0 Å². The minimum atomic E-state index is -0.462. The summed E-state index contributed by atoms with van der Waals surface area (Å²) < 4.78 is 4.92. The van der Waals surface area contributed by atoms with E-state index >= 15 is 0 Å². The summed E-state index contributed by atoms with van der Waals surface area (Å²) in [6, 6.07) is 6.14. The highest BCUT2D eigenvalue weighted by Crippen LogP contribution is 2.14. The molecule has 108 valence electrons. The molecule has 1 rings (SSSR count). The molecule has 0 fully saturated rings. The first-order valence-electron chi connectivity index (χ1n) is 6.21. The Kier molecular flexibility index (Phi) is 6.39. The van der Waals surface area contributed by atoms with Crippen LogP contribution in [0.25, 0.3) is 6.08 Å². The number of likely N-dealkylation sites (N-methyl/N-ethyl adjacent to an activating group) is 1. The SMILES string of the molecule is COCCCN(C)C(=O)/C=C/c1cccc([N+](=O)[O-])c1. The van der Waals surface area contributed by atoms with Gasteiger partial charge in [-0.1, -0.05) is 12.1 Å². The largest absolute Gasteiger partial charge is 0.385 e. The minimum Gasteiger partial charge on any atom is -0.385 e. The third-order valence-electron chi connectivity index (χ3n) is 2.72. The van der Waals surface area contributed by atoms with E-state index in [1.807, 2.05) is 0 Å². The van der Waals surface area contributed by atoms with Crippen LogP contribution in [0.15, 0.2) is 30.3 Å². The quantitative estimate of drug-likeness (QED) is 0.331. The monoisotopic (exact) mass is 278 g/mol. The van der Waals surface area contributed by atoms with Crippen LogP contribution in [0.4, 0.5) is 5.69 Å². The van der Waals surface area contributed by atoms with Gasteiger partial charge < -0.3 is 9.64 Å². The van der Waals surface area contributed by atoms with E-state index in [1.165, 1.54) is 18.2 Å². The highest BCUT2D eigenvalue weighted by molar-refractivity contribution is 5.91. The lowest BCUT2D eigenvalue weighted by Gasteiger charge is -2.14. The van der Waals surface area contributed by atoms with E-state index in [0.29, 0.717) is 18.7 Å². The molecule has 0 saturated heterocycles. The van der Waals surface area contributed by atoms with Crippen LogP contribution >= 0.6 is 0 Å².